The van der Waals surface area contributed by atoms with Gasteiger partial charge < -0.3 is 15.0 Å². The zero-order chi connectivity index (χ0) is 11.7. The van der Waals surface area contributed by atoms with Gasteiger partial charge in [0, 0.05) is 44.1 Å². The Morgan fingerprint density at radius 1 is 1.47 bits per heavy atom. The number of aliphatic hydroxyl groups is 1. The molecule has 2 N–H and O–H groups in total. The van der Waals surface area contributed by atoms with Crippen LogP contribution in [-0.4, -0.2) is 33.9 Å². The normalized spacial score (nSPS) is 28.3. The van der Waals surface area contributed by atoms with E-state index < -0.39 is 0 Å². The predicted octanol–water partition coefficient (Wildman–Crippen LogP) is 0.732. The maximum atomic E-state index is 9.21. The molecule has 17 heavy (non-hydrogen) atoms. The average molecular weight is 235 g/mol. The number of hydrogen-bond acceptors (Lipinski definition) is 3. The summed E-state index contributed by atoms with van der Waals surface area (Å²) in [5, 5.41) is 12.7. The summed E-state index contributed by atoms with van der Waals surface area (Å²) in [6.45, 7) is 2.40. The van der Waals surface area contributed by atoms with Gasteiger partial charge in [0.1, 0.15) is 5.82 Å². The lowest BCUT2D eigenvalue weighted by molar-refractivity contribution is 0.190. The summed E-state index contributed by atoms with van der Waals surface area (Å²) in [5.74, 6) is 1.64. The molecule has 0 aromatic carbocycles. The fourth-order valence-corrected chi connectivity index (χ4v) is 3.00. The Hall–Kier alpha value is -0.870. The first-order valence-corrected chi connectivity index (χ1v) is 6.74. The standard InChI is InChI=1S/C13H21N3O/c17-9-10-3-4-13-15-12(8-16(13)7-10)6-11-2-1-5-14-11/h8,10-11,14,17H,1-7,9H2. The van der Waals surface area contributed by atoms with E-state index in [4.69, 9.17) is 4.98 Å². The van der Waals surface area contributed by atoms with Crippen molar-refractivity contribution in [3.05, 3.63) is 17.7 Å². The monoisotopic (exact) mass is 235 g/mol. The first-order valence-electron chi connectivity index (χ1n) is 6.74. The first kappa shape index (κ1) is 11.2. The third-order valence-corrected chi connectivity index (χ3v) is 4.02. The smallest absolute Gasteiger partial charge is 0.108 e. The minimum absolute atomic E-state index is 0.303. The van der Waals surface area contributed by atoms with Crippen molar-refractivity contribution < 1.29 is 5.11 Å². The molecule has 94 valence electrons. The van der Waals surface area contributed by atoms with Crippen molar-refractivity contribution >= 4 is 0 Å². The van der Waals surface area contributed by atoms with Gasteiger partial charge in [-0.3, -0.25) is 0 Å². The minimum Gasteiger partial charge on any atom is -0.396 e. The molecular weight excluding hydrogens is 214 g/mol. The molecule has 2 aliphatic rings. The summed E-state index contributed by atoms with van der Waals surface area (Å²) in [6.07, 6.45) is 7.92. The Morgan fingerprint density at radius 3 is 3.18 bits per heavy atom. The molecule has 1 fully saturated rings. The molecule has 3 rings (SSSR count). The predicted molar refractivity (Wildman–Crippen MR) is 65.9 cm³/mol. The van der Waals surface area contributed by atoms with E-state index in [1.54, 1.807) is 0 Å². The highest BCUT2D eigenvalue weighted by Gasteiger charge is 2.21. The van der Waals surface area contributed by atoms with Crippen LogP contribution in [0, 0.1) is 5.92 Å². The van der Waals surface area contributed by atoms with Crippen LogP contribution in [0.4, 0.5) is 0 Å². The van der Waals surface area contributed by atoms with Crippen LogP contribution < -0.4 is 5.32 Å². The highest BCUT2D eigenvalue weighted by molar-refractivity contribution is 5.08. The van der Waals surface area contributed by atoms with Crippen molar-refractivity contribution in [2.75, 3.05) is 13.2 Å². The second-order valence-corrected chi connectivity index (χ2v) is 5.39. The van der Waals surface area contributed by atoms with E-state index in [1.807, 2.05) is 0 Å². The van der Waals surface area contributed by atoms with Gasteiger partial charge in [-0.15, -0.1) is 0 Å². The molecule has 2 aliphatic heterocycles. The second-order valence-electron chi connectivity index (χ2n) is 5.39. The lowest BCUT2D eigenvalue weighted by Crippen LogP contribution is -2.23. The molecule has 2 atom stereocenters. The maximum absolute atomic E-state index is 9.21. The summed E-state index contributed by atoms with van der Waals surface area (Å²) < 4.78 is 2.24. The quantitative estimate of drug-likeness (QED) is 0.812. The Bertz CT molecular complexity index is 382. The van der Waals surface area contributed by atoms with Gasteiger partial charge in [0.15, 0.2) is 0 Å². The number of aliphatic hydroxyl groups excluding tert-OH is 1. The topological polar surface area (TPSA) is 50.1 Å². The highest BCUT2D eigenvalue weighted by atomic mass is 16.3. The summed E-state index contributed by atoms with van der Waals surface area (Å²) in [4.78, 5) is 4.72. The molecule has 1 aromatic rings. The number of imidazole rings is 1. The Morgan fingerprint density at radius 2 is 2.41 bits per heavy atom. The van der Waals surface area contributed by atoms with Crippen molar-refractivity contribution in [3.8, 4) is 0 Å². The van der Waals surface area contributed by atoms with Crippen LogP contribution in [0.2, 0.25) is 0 Å². The summed E-state index contributed by atoms with van der Waals surface area (Å²) in [7, 11) is 0. The number of aromatic nitrogens is 2. The van der Waals surface area contributed by atoms with E-state index in [0.29, 0.717) is 18.6 Å². The number of fused-ring (bicyclic) bond motifs is 1. The van der Waals surface area contributed by atoms with Crippen molar-refractivity contribution in [2.45, 2.75) is 44.7 Å². The Labute approximate surface area is 102 Å². The SMILES string of the molecule is OCC1CCc2nc(CC3CCCN3)cn2C1. The molecule has 0 radical (unpaired) electrons. The van der Waals surface area contributed by atoms with E-state index in [0.717, 1.165) is 32.4 Å². The molecule has 0 spiro atoms. The van der Waals surface area contributed by atoms with Crippen LogP contribution >= 0.6 is 0 Å². The second kappa shape index (κ2) is 4.78. The van der Waals surface area contributed by atoms with Crippen LogP contribution in [-0.2, 0) is 19.4 Å². The maximum Gasteiger partial charge on any atom is 0.108 e. The van der Waals surface area contributed by atoms with Gasteiger partial charge in [-0.1, -0.05) is 0 Å². The average Bonchev–Trinajstić information content (AvgIpc) is 2.96. The number of hydrogen-bond donors (Lipinski definition) is 2. The van der Waals surface area contributed by atoms with E-state index >= 15 is 0 Å². The van der Waals surface area contributed by atoms with Crippen LogP contribution in [0.5, 0.6) is 0 Å². The molecular formula is C13H21N3O. The number of nitrogens with zero attached hydrogens (tertiary/aromatic N) is 2. The minimum atomic E-state index is 0.303. The zero-order valence-corrected chi connectivity index (χ0v) is 10.2. The number of aryl methyl sites for hydroxylation is 1. The van der Waals surface area contributed by atoms with E-state index in [9.17, 15) is 5.11 Å². The number of nitrogens with one attached hydrogen (secondary N) is 1. The van der Waals surface area contributed by atoms with Crippen molar-refractivity contribution in [1.29, 1.82) is 0 Å². The summed E-state index contributed by atoms with van der Waals surface area (Å²) in [5.41, 5.74) is 1.22. The largest absolute Gasteiger partial charge is 0.396 e. The molecule has 4 nitrogen and oxygen atoms in total. The third-order valence-electron chi connectivity index (χ3n) is 4.02. The van der Waals surface area contributed by atoms with Crippen molar-refractivity contribution in [1.82, 2.24) is 14.9 Å². The highest BCUT2D eigenvalue weighted by Crippen LogP contribution is 2.21. The van der Waals surface area contributed by atoms with Crippen LogP contribution in [0.15, 0.2) is 6.20 Å². The molecule has 1 aromatic heterocycles. The third kappa shape index (κ3) is 2.38. The Kier molecular flexibility index (Phi) is 3.16. The fourth-order valence-electron chi connectivity index (χ4n) is 3.00. The summed E-state index contributed by atoms with van der Waals surface area (Å²) in [6, 6.07) is 0.626. The van der Waals surface area contributed by atoms with Crippen molar-refractivity contribution in [2.24, 2.45) is 5.92 Å². The molecule has 0 aliphatic carbocycles. The molecule has 0 saturated carbocycles. The van der Waals surface area contributed by atoms with Crippen molar-refractivity contribution in [3.63, 3.8) is 0 Å². The van der Waals surface area contributed by atoms with Gasteiger partial charge in [0.05, 0.1) is 5.69 Å². The van der Waals surface area contributed by atoms with E-state index in [2.05, 4.69) is 16.1 Å². The molecule has 1 saturated heterocycles. The van der Waals surface area contributed by atoms with Crippen LogP contribution in [0.1, 0.15) is 30.8 Å². The molecule has 4 heteroatoms. The van der Waals surface area contributed by atoms with Crippen LogP contribution in [0.25, 0.3) is 0 Å². The van der Waals surface area contributed by atoms with Crippen LogP contribution in [0.3, 0.4) is 0 Å². The van der Waals surface area contributed by atoms with Gasteiger partial charge in [-0.2, -0.15) is 0 Å². The molecule has 2 unspecified atom stereocenters. The van der Waals surface area contributed by atoms with E-state index in [1.165, 1.54) is 24.4 Å². The van der Waals surface area contributed by atoms with Gasteiger partial charge in [0.25, 0.3) is 0 Å². The number of rotatable bonds is 3. The molecule has 0 bridgehead atoms. The zero-order valence-electron chi connectivity index (χ0n) is 10.2. The lowest BCUT2D eigenvalue weighted by atomic mass is 10.0. The van der Waals surface area contributed by atoms with Gasteiger partial charge in [-0.05, 0) is 25.8 Å². The fraction of sp³-hybridized carbons (Fsp3) is 0.769. The summed E-state index contributed by atoms with van der Waals surface area (Å²) >= 11 is 0. The van der Waals surface area contributed by atoms with Gasteiger partial charge in [-0.25, -0.2) is 4.98 Å². The molecule has 0 amide bonds. The van der Waals surface area contributed by atoms with Gasteiger partial charge >= 0.3 is 0 Å². The Balaban J connectivity index is 1.69. The molecule has 3 heterocycles. The van der Waals surface area contributed by atoms with Gasteiger partial charge in [0.2, 0.25) is 0 Å². The first-order chi connectivity index (χ1) is 8.35. The lowest BCUT2D eigenvalue weighted by Gasteiger charge is -2.21. The van der Waals surface area contributed by atoms with E-state index in [-0.39, 0.29) is 0 Å².